The van der Waals surface area contributed by atoms with Gasteiger partial charge in [-0.1, -0.05) is 42.0 Å². The average molecular weight is 735 g/mol. The van der Waals surface area contributed by atoms with Crippen molar-refractivity contribution in [2.75, 3.05) is 37.5 Å². The predicted molar refractivity (Wildman–Crippen MR) is 197 cm³/mol. The number of rotatable bonds is 4. The Hall–Kier alpha value is -3.93. The largest absolute Gasteiger partial charge is 0.490 e. The van der Waals surface area contributed by atoms with Gasteiger partial charge in [0.25, 0.3) is 5.91 Å². The zero-order valence-corrected chi connectivity index (χ0v) is 30.3. The highest BCUT2D eigenvalue weighted by Gasteiger charge is 2.44. The Morgan fingerprint density at radius 2 is 1.98 bits per heavy atom. The van der Waals surface area contributed by atoms with Crippen LogP contribution < -0.4 is 19.7 Å². The van der Waals surface area contributed by atoms with Crippen LogP contribution in [0.3, 0.4) is 0 Å². The van der Waals surface area contributed by atoms with Crippen LogP contribution in [0.1, 0.15) is 65.6 Å². The van der Waals surface area contributed by atoms with Crippen LogP contribution in [0, 0.1) is 17.7 Å². The van der Waals surface area contributed by atoms with E-state index in [9.17, 15) is 18.2 Å². The fraction of sp³-hybridized carbons (Fsp3) is 0.436. The van der Waals surface area contributed by atoms with E-state index in [0.717, 1.165) is 49.4 Å². The summed E-state index contributed by atoms with van der Waals surface area (Å²) in [5, 5.41) is 3.38. The maximum atomic E-state index is 14.2. The second-order valence-electron chi connectivity index (χ2n) is 14.2. The molecule has 3 aromatic carbocycles. The molecule has 1 fully saturated rings. The van der Waals surface area contributed by atoms with Crippen molar-refractivity contribution >= 4 is 39.1 Å². The highest BCUT2D eigenvalue weighted by Crippen LogP contribution is 2.47. The second kappa shape index (κ2) is 15.0. The Morgan fingerprint density at radius 3 is 2.76 bits per heavy atom. The van der Waals surface area contributed by atoms with Gasteiger partial charge in [-0.25, -0.2) is 13.4 Å². The summed E-state index contributed by atoms with van der Waals surface area (Å²) in [5.74, 6) is 0.304. The second-order valence-corrected chi connectivity index (χ2v) is 16.7. The lowest BCUT2D eigenvalue weighted by atomic mass is 9.68. The fourth-order valence-corrected chi connectivity index (χ4v) is 9.81. The summed E-state index contributed by atoms with van der Waals surface area (Å²) in [7, 11) is -1.78. The first kappa shape index (κ1) is 35.5. The smallest absolute Gasteiger partial charge is 0.327 e. The molecular formula is C39H44ClFN4O5S. The van der Waals surface area contributed by atoms with E-state index in [1.807, 2.05) is 18.2 Å². The van der Waals surface area contributed by atoms with Crippen LogP contribution in [0.25, 0.3) is 0 Å². The Labute approximate surface area is 304 Å². The molecule has 2 aliphatic heterocycles. The molecule has 270 valence electrons. The highest BCUT2D eigenvalue weighted by atomic mass is 35.5. The number of methoxy groups -OCH3 is 1. The maximum Gasteiger partial charge on any atom is 0.327 e. The van der Waals surface area contributed by atoms with Gasteiger partial charge in [0.15, 0.2) is 0 Å². The monoisotopic (exact) mass is 734 g/mol. The van der Waals surface area contributed by atoms with Crippen molar-refractivity contribution < 1.29 is 27.7 Å². The number of allylic oxidation sites excluding steroid dienone is 1. The zero-order chi connectivity index (χ0) is 35.6. The summed E-state index contributed by atoms with van der Waals surface area (Å²) in [4.78, 5) is 29.2. The lowest BCUT2D eigenvalue weighted by molar-refractivity contribution is 0.0132. The van der Waals surface area contributed by atoms with Crippen LogP contribution in [0.15, 0.2) is 77.2 Å². The molecular weight excluding hydrogens is 691 g/mol. The molecule has 51 heavy (non-hydrogen) atoms. The third-order valence-electron chi connectivity index (χ3n) is 10.9. The first-order valence-corrected chi connectivity index (χ1v) is 19.8. The number of ether oxygens (including phenoxy) is 2. The lowest BCUT2D eigenvalue weighted by Crippen LogP contribution is -2.49. The van der Waals surface area contributed by atoms with Gasteiger partial charge < -0.3 is 19.7 Å². The summed E-state index contributed by atoms with van der Waals surface area (Å²) in [5.41, 5.74) is 3.97. The molecule has 5 atom stereocenters. The van der Waals surface area contributed by atoms with Crippen molar-refractivity contribution in [1.29, 1.82) is 0 Å². The molecule has 4 aliphatic rings. The fourth-order valence-electron chi connectivity index (χ4n) is 8.08. The van der Waals surface area contributed by atoms with Crippen molar-refractivity contribution in [3.63, 3.8) is 0 Å². The molecule has 2 aliphatic carbocycles. The van der Waals surface area contributed by atoms with Gasteiger partial charge >= 0.3 is 6.03 Å². The number of nitrogens with zero attached hydrogens (tertiary/aromatic N) is 2. The number of urea groups is 1. The lowest BCUT2D eigenvalue weighted by Gasteiger charge is -2.46. The Balaban J connectivity index is 1.23. The first-order valence-electron chi connectivity index (χ1n) is 17.7. The van der Waals surface area contributed by atoms with E-state index in [4.69, 9.17) is 21.1 Å². The normalized spacial score (nSPS) is 28.2. The summed E-state index contributed by atoms with van der Waals surface area (Å²) in [6.07, 6.45) is 10.1. The van der Waals surface area contributed by atoms with Crippen molar-refractivity contribution in [3.8, 4) is 5.75 Å². The number of carbonyl (C=O) groups excluding carboxylic acids is 2. The molecule has 3 aromatic rings. The number of carbonyl (C=O) groups is 2. The number of nitrogens with one attached hydrogen (secondary N) is 2. The van der Waals surface area contributed by atoms with E-state index >= 15 is 0 Å². The van der Waals surface area contributed by atoms with Crippen LogP contribution >= 0.6 is 11.6 Å². The van der Waals surface area contributed by atoms with Gasteiger partial charge in [-0.05, 0) is 116 Å². The van der Waals surface area contributed by atoms with Gasteiger partial charge in [0.2, 0.25) is 0 Å². The van der Waals surface area contributed by atoms with Gasteiger partial charge in [0.05, 0.1) is 24.2 Å². The number of fused-ring (bicyclic) bond motifs is 4. The molecule has 1 spiro atoms. The minimum atomic E-state index is -3.52. The molecule has 3 amide bonds. The number of benzene rings is 3. The maximum absolute atomic E-state index is 14.2. The van der Waals surface area contributed by atoms with Gasteiger partial charge in [-0.3, -0.25) is 9.52 Å². The standard InChI is InChI=1S/C39H44ClFN4O5S/c1-49-35-7-3-2-4-19-51(48,44-38(47)42-22-26-8-13-31(41)14-9-26)43-37(46)28-11-17-36-34(21-28)45(23-29-10-15-32(29)35)24-39(25-50-36)18-5-6-27-20-30(40)12-16-33(27)39/h3,7-9,11-14,16-17,20-21,29,32,35H,2,4-6,10,15,18-19,22-25H2,1H3,(H2,42,43,44,46,47,48)/b7-3+/t29-,32+,35-,39-,51-/m0/s1. The number of halogens is 2. The number of aryl methyl sites for hydroxylation is 1. The van der Waals surface area contributed by atoms with Crippen LogP contribution in [-0.4, -0.2) is 54.8 Å². The van der Waals surface area contributed by atoms with Crippen LogP contribution in [0.5, 0.6) is 5.75 Å². The SMILES string of the molecule is CO[C@H]1/C=C/CCC[S@@](=O)(NC(=O)NCc2ccc(F)cc2)=NC(=O)c2ccc3c(c2)N(C[C@@H]2CC[C@H]21)C[C@@]1(CCCc2cc(Cl)ccc21)CO3. The third-order valence-corrected chi connectivity index (χ3v) is 12.9. The minimum Gasteiger partial charge on any atom is -0.490 e. The van der Waals surface area contributed by atoms with Crippen molar-refractivity contribution in [2.24, 2.45) is 16.2 Å². The Morgan fingerprint density at radius 1 is 1.14 bits per heavy atom. The summed E-state index contributed by atoms with van der Waals surface area (Å²) in [6.45, 7) is 2.04. The summed E-state index contributed by atoms with van der Waals surface area (Å²) in [6, 6.07) is 16.4. The first-order chi connectivity index (χ1) is 24.6. The summed E-state index contributed by atoms with van der Waals surface area (Å²) >= 11 is 6.44. The van der Waals surface area contributed by atoms with E-state index in [2.05, 4.69) is 37.5 Å². The third kappa shape index (κ3) is 7.80. The topological polar surface area (TPSA) is 109 Å². The average Bonchev–Trinajstić information content (AvgIpc) is 3.25. The number of anilines is 1. The predicted octanol–water partition coefficient (Wildman–Crippen LogP) is 7.37. The molecule has 2 N–H and O–H groups in total. The van der Waals surface area contributed by atoms with Crippen LogP contribution in [-0.2, 0) is 33.0 Å². The summed E-state index contributed by atoms with van der Waals surface area (Å²) < 4.78 is 46.8. The number of hydrogen-bond donors (Lipinski definition) is 2. The Bertz CT molecular complexity index is 1950. The van der Waals surface area contributed by atoms with Crippen molar-refractivity contribution in [1.82, 2.24) is 10.0 Å². The van der Waals surface area contributed by atoms with E-state index in [1.165, 1.54) is 23.3 Å². The van der Waals surface area contributed by atoms with Crippen LogP contribution in [0.2, 0.25) is 5.02 Å². The van der Waals surface area contributed by atoms with E-state index in [0.29, 0.717) is 49.1 Å². The molecule has 0 saturated heterocycles. The van der Waals surface area contributed by atoms with Gasteiger partial charge in [0.1, 0.15) is 21.5 Å². The van der Waals surface area contributed by atoms with Crippen molar-refractivity contribution in [3.05, 3.63) is 106 Å². The van der Waals surface area contributed by atoms with Gasteiger partial charge in [0, 0.05) is 42.7 Å². The molecule has 0 aromatic heterocycles. The Kier molecular flexibility index (Phi) is 10.4. The quantitative estimate of drug-likeness (QED) is 0.271. The molecule has 0 radical (unpaired) electrons. The van der Waals surface area contributed by atoms with Gasteiger partial charge in [-0.2, -0.15) is 0 Å². The molecule has 9 nitrogen and oxygen atoms in total. The molecule has 2 bridgehead atoms. The molecule has 0 unspecified atom stereocenters. The number of amides is 3. The van der Waals surface area contributed by atoms with Gasteiger partial charge in [-0.15, -0.1) is 4.36 Å². The zero-order valence-electron chi connectivity index (χ0n) is 28.7. The molecule has 1 saturated carbocycles. The molecule has 12 heteroatoms. The van der Waals surface area contributed by atoms with E-state index in [1.54, 1.807) is 31.4 Å². The minimum absolute atomic E-state index is 0.0249. The van der Waals surface area contributed by atoms with Crippen molar-refractivity contribution in [2.45, 2.75) is 63.0 Å². The highest BCUT2D eigenvalue weighted by molar-refractivity contribution is 7.92. The van der Waals surface area contributed by atoms with Crippen LogP contribution in [0.4, 0.5) is 14.9 Å². The number of hydrogen-bond acceptors (Lipinski definition) is 6. The molecule has 7 rings (SSSR count). The van der Waals surface area contributed by atoms with E-state index in [-0.39, 0.29) is 35.2 Å². The molecule has 2 heterocycles. The van der Waals surface area contributed by atoms with E-state index < -0.39 is 21.9 Å².